The molecule has 0 heterocycles. The molecular formula is C17H27NS. The molecule has 1 nitrogen and oxygen atoms in total. The van der Waals surface area contributed by atoms with Gasteiger partial charge in [0.1, 0.15) is 0 Å². The summed E-state index contributed by atoms with van der Waals surface area (Å²) in [5.74, 6) is 0. The largest absolute Gasteiger partial charge is 0.316 e. The van der Waals surface area contributed by atoms with Gasteiger partial charge in [-0.05, 0) is 57.2 Å². The van der Waals surface area contributed by atoms with Crippen LogP contribution in [-0.4, -0.2) is 18.3 Å². The van der Waals surface area contributed by atoms with Crippen molar-refractivity contribution in [1.29, 1.82) is 0 Å². The third-order valence-electron chi connectivity index (χ3n) is 4.31. The van der Waals surface area contributed by atoms with Crippen molar-refractivity contribution in [3.8, 4) is 0 Å². The van der Waals surface area contributed by atoms with Gasteiger partial charge in [0.25, 0.3) is 0 Å². The molecule has 1 N–H and O–H groups in total. The quantitative estimate of drug-likeness (QED) is 0.869. The number of benzene rings is 1. The lowest BCUT2D eigenvalue weighted by atomic mass is 9.75. The highest BCUT2D eigenvalue weighted by Gasteiger charge is 2.34. The molecule has 1 fully saturated rings. The minimum absolute atomic E-state index is 0.490. The van der Waals surface area contributed by atoms with Gasteiger partial charge in [-0.25, -0.2) is 0 Å². The Bertz CT molecular complexity index is 439. The minimum atomic E-state index is 0.490. The minimum Gasteiger partial charge on any atom is -0.316 e. The molecule has 0 aliphatic heterocycles. The average molecular weight is 277 g/mol. The smallest absolute Gasteiger partial charge is 0.0253 e. The van der Waals surface area contributed by atoms with Gasteiger partial charge in [-0.15, -0.1) is 11.8 Å². The van der Waals surface area contributed by atoms with E-state index in [9.17, 15) is 0 Å². The fourth-order valence-electron chi connectivity index (χ4n) is 3.07. The third-order valence-corrected chi connectivity index (χ3v) is 5.82. The molecule has 1 aromatic carbocycles. The third kappa shape index (κ3) is 3.76. The van der Waals surface area contributed by atoms with Gasteiger partial charge in [0.05, 0.1) is 0 Å². The first-order chi connectivity index (χ1) is 8.91. The van der Waals surface area contributed by atoms with Crippen LogP contribution >= 0.6 is 11.8 Å². The molecule has 0 radical (unpaired) electrons. The van der Waals surface area contributed by atoms with E-state index < -0.39 is 0 Å². The maximum absolute atomic E-state index is 3.52. The van der Waals surface area contributed by atoms with Gasteiger partial charge < -0.3 is 5.32 Å². The predicted molar refractivity (Wildman–Crippen MR) is 86.0 cm³/mol. The SMILES string of the molecule is CNC1CCC(C)(C)CC1Sc1ccc(C)cc1C. The highest BCUT2D eigenvalue weighted by atomic mass is 32.2. The zero-order valence-corrected chi connectivity index (χ0v) is 13.7. The first-order valence-electron chi connectivity index (χ1n) is 7.32. The Balaban J connectivity index is 2.14. The Hall–Kier alpha value is -0.470. The molecule has 0 saturated heterocycles. The van der Waals surface area contributed by atoms with E-state index in [0.717, 1.165) is 0 Å². The van der Waals surface area contributed by atoms with Gasteiger partial charge in [0.2, 0.25) is 0 Å². The summed E-state index contributed by atoms with van der Waals surface area (Å²) < 4.78 is 0. The average Bonchev–Trinajstić information content (AvgIpc) is 2.32. The van der Waals surface area contributed by atoms with E-state index in [1.807, 2.05) is 0 Å². The monoisotopic (exact) mass is 277 g/mol. The van der Waals surface area contributed by atoms with E-state index in [-0.39, 0.29) is 0 Å². The summed E-state index contributed by atoms with van der Waals surface area (Å²) in [6.45, 7) is 9.22. The van der Waals surface area contributed by atoms with E-state index in [4.69, 9.17) is 0 Å². The topological polar surface area (TPSA) is 12.0 Å². The van der Waals surface area contributed by atoms with Crippen LogP contribution in [0.3, 0.4) is 0 Å². The molecule has 2 atom stereocenters. The molecule has 0 spiro atoms. The Kier molecular flexibility index (Phi) is 4.62. The second-order valence-corrected chi connectivity index (χ2v) is 8.01. The summed E-state index contributed by atoms with van der Waals surface area (Å²) in [4.78, 5) is 1.45. The van der Waals surface area contributed by atoms with Crippen LogP contribution in [0.2, 0.25) is 0 Å². The van der Waals surface area contributed by atoms with E-state index in [0.29, 0.717) is 16.7 Å². The molecule has 2 heteroatoms. The Morgan fingerprint density at radius 1 is 1.26 bits per heavy atom. The van der Waals surface area contributed by atoms with Crippen molar-refractivity contribution in [3.63, 3.8) is 0 Å². The van der Waals surface area contributed by atoms with Crippen molar-refractivity contribution in [3.05, 3.63) is 29.3 Å². The van der Waals surface area contributed by atoms with Gasteiger partial charge >= 0.3 is 0 Å². The van der Waals surface area contributed by atoms with Crippen LogP contribution in [-0.2, 0) is 0 Å². The number of hydrogen-bond acceptors (Lipinski definition) is 2. The molecule has 1 aliphatic carbocycles. The summed E-state index contributed by atoms with van der Waals surface area (Å²) in [6.07, 6.45) is 3.94. The van der Waals surface area contributed by atoms with Crippen LogP contribution < -0.4 is 5.32 Å². The van der Waals surface area contributed by atoms with Crippen molar-refractivity contribution < 1.29 is 0 Å². The molecular weight excluding hydrogens is 250 g/mol. The van der Waals surface area contributed by atoms with Crippen LogP contribution in [0.5, 0.6) is 0 Å². The lowest BCUT2D eigenvalue weighted by Crippen LogP contribution is -2.43. The normalized spacial score (nSPS) is 26.4. The molecule has 0 bridgehead atoms. The molecule has 0 amide bonds. The zero-order chi connectivity index (χ0) is 14.0. The van der Waals surface area contributed by atoms with Gasteiger partial charge in [-0.2, -0.15) is 0 Å². The van der Waals surface area contributed by atoms with Crippen LogP contribution in [0.15, 0.2) is 23.1 Å². The van der Waals surface area contributed by atoms with Gasteiger partial charge in [0.15, 0.2) is 0 Å². The van der Waals surface area contributed by atoms with Gasteiger partial charge in [-0.1, -0.05) is 31.5 Å². The lowest BCUT2D eigenvalue weighted by molar-refractivity contribution is 0.218. The van der Waals surface area contributed by atoms with Crippen LogP contribution in [0.1, 0.15) is 44.2 Å². The number of rotatable bonds is 3. The van der Waals surface area contributed by atoms with Crippen LogP contribution in [0.25, 0.3) is 0 Å². The second kappa shape index (κ2) is 5.88. The van der Waals surface area contributed by atoms with Crippen molar-refractivity contribution in [2.45, 2.75) is 63.1 Å². The second-order valence-electron chi connectivity index (χ2n) is 6.73. The van der Waals surface area contributed by atoms with Crippen LogP contribution in [0.4, 0.5) is 0 Å². The first kappa shape index (κ1) is 14.9. The molecule has 2 rings (SSSR count). The molecule has 19 heavy (non-hydrogen) atoms. The van der Waals surface area contributed by atoms with E-state index in [1.54, 1.807) is 0 Å². The fourth-order valence-corrected chi connectivity index (χ4v) is 4.76. The van der Waals surface area contributed by atoms with Crippen molar-refractivity contribution in [2.24, 2.45) is 5.41 Å². The standard InChI is InChI=1S/C17H27NS/c1-12-6-7-15(13(2)10-12)19-16-11-17(3,4)9-8-14(16)18-5/h6-7,10,14,16,18H,8-9,11H2,1-5H3. The summed E-state index contributed by atoms with van der Waals surface area (Å²) in [7, 11) is 2.11. The van der Waals surface area contributed by atoms with E-state index >= 15 is 0 Å². The molecule has 106 valence electrons. The van der Waals surface area contributed by atoms with Crippen molar-refractivity contribution in [2.75, 3.05) is 7.05 Å². The Morgan fingerprint density at radius 3 is 2.63 bits per heavy atom. The Labute approximate surface area is 122 Å². The molecule has 1 aliphatic rings. The number of hydrogen-bond donors (Lipinski definition) is 1. The summed E-state index contributed by atoms with van der Waals surface area (Å²) in [5, 5.41) is 4.21. The number of nitrogens with one attached hydrogen (secondary N) is 1. The molecule has 1 saturated carbocycles. The van der Waals surface area contributed by atoms with Crippen molar-refractivity contribution in [1.82, 2.24) is 5.32 Å². The fraction of sp³-hybridized carbons (Fsp3) is 0.647. The summed E-state index contributed by atoms with van der Waals surface area (Å²) in [6, 6.07) is 7.48. The summed E-state index contributed by atoms with van der Waals surface area (Å²) in [5.41, 5.74) is 3.27. The zero-order valence-electron chi connectivity index (χ0n) is 12.9. The van der Waals surface area contributed by atoms with E-state index in [1.165, 1.54) is 35.3 Å². The highest BCUT2D eigenvalue weighted by Crippen LogP contribution is 2.43. The number of thioether (sulfide) groups is 1. The molecule has 0 aromatic heterocycles. The maximum Gasteiger partial charge on any atom is 0.0253 e. The molecule has 1 aromatic rings. The predicted octanol–water partition coefficient (Wildman–Crippen LogP) is 4.56. The summed E-state index contributed by atoms with van der Waals surface area (Å²) >= 11 is 2.07. The number of aryl methyl sites for hydroxylation is 2. The Morgan fingerprint density at radius 2 is 2.00 bits per heavy atom. The maximum atomic E-state index is 3.52. The highest BCUT2D eigenvalue weighted by molar-refractivity contribution is 8.00. The first-order valence-corrected chi connectivity index (χ1v) is 8.20. The lowest BCUT2D eigenvalue weighted by Gasteiger charge is -2.40. The molecule has 2 unspecified atom stereocenters. The van der Waals surface area contributed by atoms with Crippen molar-refractivity contribution >= 4 is 11.8 Å². The van der Waals surface area contributed by atoms with Gasteiger partial charge in [-0.3, -0.25) is 0 Å². The van der Waals surface area contributed by atoms with E-state index in [2.05, 4.69) is 70.0 Å². The van der Waals surface area contributed by atoms with Gasteiger partial charge in [0, 0.05) is 16.2 Å². The van der Waals surface area contributed by atoms with Crippen LogP contribution in [0, 0.1) is 19.3 Å².